The number of carbonyl (C=O) groups excluding carboxylic acids is 4. The van der Waals surface area contributed by atoms with Crippen LogP contribution in [0.25, 0.3) is 10.4 Å². The molecule has 3 fully saturated rings. The second-order valence-corrected chi connectivity index (χ2v) is 25.8. The van der Waals surface area contributed by atoms with Gasteiger partial charge in [0.25, 0.3) is 0 Å². The minimum absolute atomic E-state index is 0.0126. The molecule has 0 unspecified atom stereocenters. The number of β-amino-alcohol motifs (C(OH)–C–C–N with tert-alkyl or cyclic N) is 1. The van der Waals surface area contributed by atoms with Crippen molar-refractivity contribution in [3.63, 3.8) is 0 Å². The van der Waals surface area contributed by atoms with E-state index in [0.717, 1.165) is 95.5 Å². The summed E-state index contributed by atoms with van der Waals surface area (Å²) in [5.74, 6) is 1.03. The highest BCUT2D eigenvalue weighted by molar-refractivity contribution is 7.13. The molecule has 15 nitrogen and oxygen atoms in total. The van der Waals surface area contributed by atoms with E-state index in [9.17, 15) is 24.3 Å². The van der Waals surface area contributed by atoms with E-state index in [1.807, 2.05) is 120 Å². The summed E-state index contributed by atoms with van der Waals surface area (Å²) in [6.07, 6.45) is 6.16. The number of aliphatic hydroxyl groups is 1. The molecule has 4 aromatic carbocycles. The highest BCUT2D eigenvalue weighted by Crippen LogP contribution is 2.44. The summed E-state index contributed by atoms with van der Waals surface area (Å²) in [7, 11) is 3.80. The van der Waals surface area contributed by atoms with Gasteiger partial charge in [0.05, 0.1) is 53.9 Å². The van der Waals surface area contributed by atoms with E-state index in [-0.39, 0.29) is 61.2 Å². The number of aryl methyl sites for hydroxylation is 1. The molecule has 1 aliphatic carbocycles. The lowest BCUT2D eigenvalue weighted by molar-refractivity contribution is -0.144. The number of hydrogen-bond donors (Lipinski definition) is 3. The first-order valence-electron chi connectivity index (χ1n) is 29.6. The first kappa shape index (κ1) is 60.5. The molecule has 3 N–H and O–H groups in total. The third-order valence-corrected chi connectivity index (χ3v) is 18.4. The Morgan fingerprint density at radius 3 is 2.22 bits per heavy atom. The molecule has 440 valence electrons. The lowest BCUT2D eigenvalue weighted by Gasteiger charge is -2.42. The zero-order chi connectivity index (χ0) is 58.4. The minimum atomic E-state index is -0.858. The number of hydrogen-bond acceptors (Lipinski definition) is 12. The molecule has 1 aromatic heterocycles. The van der Waals surface area contributed by atoms with E-state index < -0.39 is 23.6 Å². The lowest BCUT2D eigenvalue weighted by Crippen LogP contribution is -2.57. The van der Waals surface area contributed by atoms with E-state index >= 15 is 0 Å². The summed E-state index contributed by atoms with van der Waals surface area (Å²) in [5.41, 5.74) is 9.03. The van der Waals surface area contributed by atoms with Crippen molar-refractivity contribution in [2.24, 2.45) is 11.3 Å². The third kappa shape index (κ3) is 14.5. The van der Waals surface area contributed by atoms with Gasteiger partial charge >= 0.3 is 0 Å². The van der Waals surface area contributed by atoms with Crippen molar-refractivity contribution in [3.8, 4) is 21.9 Å². The van der Waals surface area contributed by atoms with E-state index in [0.29, 0.717) is 41.3 Å². The molecular formula is C65H85ClN8O7S. The van der Waals surface area contributed by atoms with Gasteiger partial charge in [-0.3, -0.25) is 24.1 Å². The first-order valence-corrected chi connectivity index (χ1v) is 30.8. The molecule has 9 rings (SSSR count). The number of piperazine rings is 1. The molecule has 5 aromatic rings. The normalized spacial score (nSPS) is 21.5. The molecule has 4 heterocycles. The number of aromatic nitrogens is 1. The summed E-state index contributed by atoms with van der Waals surface area (Å²) in [6, 6.07) is 26.4. The number of aliphatic hydroxyl groups excluding tert-OH is 1. The maximum absolute atomic E-state index is 14.3. The van der Waals surface area contributed by atoms with Gasteiger partial charge in [-0.1, -0.05) is 68.8 Å². The number of carbonyl (C=O) groups is 4. The van der Waals surface area contributed by atoms with Crippen molar-refractivity contribution in [2.75, 3.05) is 69.8 Å². The number of halogens is 1. The van der Waals surface area contributed by atoms with Gasteiger partial charge in [-0.2, -0.15) is 0 Å². The van der Waals surface area contributed by atoms with E-state index in [4.69, 9.17) is 21.1 Å². The molecule has 0 bridgehead atoms. The van der Waals surface area contributed by atoms with Crippen LogP contribution in [0.2, 0.25) is 5.02 Å². The fraction of sp³-hybridized carbons (Fsp3) is 0.523. The van der Waals surface area contributed by atoms with Gasteiger partial charge in [-0.05, 0) is 160 Å². The van der Waals surface area contributed by atoms with Crippen molar-refractivity contribution in [3.05, 3.63) is 123 Å². The highest BCUT2D eigenvalue weighted by Gasteiger charge is 2.45. The molecular weight excluding hydrogens is 1070 g/mol. The van der Waals surface area contributed by atoms with Crippen LogP contribution in [0, 0.1) is 18.3 Å². The summed E-state index contributed by atoms with van der Waals surface area (Å²) in [5, 5.41) is 17.5. The average Bonchev–Trinajstić information content (AvgIpc) is 4.17. The second-order valence-electron chi connectivity index (χ2n) is 24.6. The summed E-state index contributed by atoms with van der Waals surface area (Å²) < 4.78 is 11.9. The number of unbranched alkanes of at least 4 members (excludes halogenated alkanes) is 1. The Kier molecular flexibility index (Phi) is 19.7. The van der Waals surface area contributed by atoms with Gasteiger partial charge in [0.1, 0.15) is 12.1 Å². The maximum Gasteiger partial charge on any atom is 0.246 e. The average molecular weight is 1160 g/mol. The van der Waals surface area contributed by atoms with Crippen molar-refractivity contribution in [2.45, 2.75) is 149 Å². The van der Waals surface area contributed by atoms with Gasteiger partial charge in [0.15, 0.2) is 11.5 Å². The van der Waals surface area contributed by atoms with Crippen LogP contribution in [0.4, 0.5) is 11.4 Å². The Labute approximate surface area is 494 Å². The standard InChI is InChI=1S/C65H85ClN8O7S/c1-41(2)81-57-37-54-48(34-56(57)80-9)35-59(77)74(60(54)46-19-21-49(66)22-20-46)52-27-25-50(26-28-52)70(8)38-44-13-23-51(24-14-44)72-32-30-71(31-33-72)29-11-10-12-58(76)69-62(65(5,6)7)64(79)73-39-53(75)36-55(73)63(78)68-42(3)45-15-17-47(18-16-45)61-43(4)67-40-82-61/h15-22,25-28,34,37,40-42,44,51,53,55,60,62,75H,10-14,23-24,29-33,35-36,38-39H2,1-9H3,(H,68,78)(H,69,76)/t42-,44?,51?,53+,55-,60-,62+/m0/s1. The monoisotopic (exact) mass is 1160 g/mol. The zero-order valence-electron chi connectivity index (χ0n) is 49.5. The van der Waals surface area contributed by atoms with Crippen molar-refractivity contribution >= 4 is 57.9 Å². The van der Waals surface area contributed by atoms with Crippen LogP contribution in [-0.4, -0.2) is 139 Å². The van der Waals surface area contributed by atoms with E-state index in [2.05, 4.69) is 61.6 Å². The smallest absolute Gasteiger partial charge is 0.246 e. The fourth-order valence-corrected chi connectivity index (χ4v) is 13.5. The highest BCUT2D eigenvalue weighted by atomic mass is 35.5. The van der Waals surface area contributed by atoms with Crippen LogP contribution in [0.3, 0.4) is 0 Å². The maximum atomic E-state index is 14.3. The molecule has 3 aliphatic heterocycles. The van der Waals surface area contributed by atoms with Gasteiger partial charge in [-0.25, -0.2) is 4.98 Å². The van der Waals surface area contributed by atoms with Crippen LogP contribution >= 0.6 is 22.9 Å². The van der Waals surface area contributed by atoms with Crippen molar-refractivity contribution < 1.29 is 33.8 Å². The van der Waals surface area contributed by atoms with Crippen molar-refractivity contribution in [1.29, 1.82) is 0 Å². The Morgan fingerprint density at radius 1 is 0.890 bits per heavy atom. The minimum Gasteiger partial charge on any atom is -0.493 e. The number of rotatable bonds is 20. The number of methoxy groups -OCH3 is 1. The van der Waals surface area contributed by atoms with Crippen LogP contribution in [-0.2, 0) is 25.6 Å². The van der Waals surface area contributed by atoms with Gasteiger partial charge < -0.3 is 44.8 Å². The number of amides is 4. The van der Waals surface area contributed by atoms with Gasteiger partial charge in [0.2, 0.25) is 23.6 Å². The molecule has 4 amide bonds. The topological polar surface area (TPSA) is 160 Å². The number of ether oxygens (including phenoxy) is 2. The molecule has 0 spiro atoms. The van der Waals surface area contributed by atoms with E-state index in [1.54, 1.807) is 18.4 Å². The fourth-order valence-electron chi connectivity index (χ4n) is 12.6. The largest absolute Gasteiger partial charge is 0.493 e. The predicted molar refractivity (Wildman–Crippen MR) is 327 cm³/mol. The van der Waals surface area contributed by atoms with Gasteiger partial charge in [0, 0.05) is 81.6 Å². The summed E-state index contributed by atoms with van der Waals surface area (Å²) in [6.45, 7) is 19.7. The number of thiazole rings is 1. The zero-order valence-corrected chi connectivity index (χ0v) is 51.0. The lowest BCUT2D eigenvalue weighted by atomic mass is 9.84. The van der Waals surface area contributed by atoms with Crippen LogP contribution < -0.4 is 29.9 Å². The van der Waals surface area contributed by atoms with Crippen LogP contribution in [0.15, 0.2) is 90.4 Å². The predicted octanol–water partition coefficient (Wildman–Crippen LogP) is 10.4. The summed E-state index contributed by atoms with van der Waals surface area (Å²) in [4.78, 5) is 72.1. The molecule has 1 saturated carbocycles. The first-order chi connectivity index (χ1) is 39.2. The second kappa shape index (κ2) is 26.7. The number of anilines is 2. The molecule has 82 heavy (non-hydrogen) atoms. The SMILES string of the molecule is COc1cc2c(cc1OC(C)C)[C@H](c1ccc(Cl)cc1)N(c1ccc(N(C)CC3CCC(N4CCN(CCCCC(=O)N[C@H](C(=O)N5C[C@H](O)C[C@H]5C(=O)N[C@@H](C)c5ccc(-c6scnc6C)cc5)C(C)(C)C)CC4)CC3)cc1)C(=O)C2. The van der Waals surface area contributed by atoms with Crippen LogP contribution in [0.1, 0.15) is 133 Å². The Hall–Kier alpha value is -6.04. The Morgan fingerprint density at radius 2 is 1.59 bits per heavy atom. The molecule has 17 heteroatoms. The van der Waals surface area contributed by atoms with E-state index in [1.165, 1.54) is 30.6 Å². The number of fused-ring (bicyclic) bond motifs is 1. The Bertz CT molecular complexity index is 2990. The molecule has 4 aliphatic rings. The van der Waals surface area contributed by atoms with Crippen LogP contribution in [0.5, 0.6) is 11.5 Å². The molecule has 2 saturated heterocycles. The number of likely N-dealkylation sites (tertiary alicyclic amines) is 1. The number of nitrogens with zero attached hydrogens (tertiary/aromatic N) is 6. The quantitative estimate of drug-likeness (QED) is 0.0637. The molecule has 0 radical (unpaired) electrons. The van der Waals surface area contributed by atoms with Crippen molar-refractivity contribution in [1.82, 2.24) is 30.3 Å². The Balaban J connectivity index is 0.699. The third-order valence-electron chi connectivity index (χ3n) is 17.2. The summed E-state index contributed by atoms with van der Waals surface area (Å²) >= 11 is 7.95. The number of nitrogens with one attached hydrogen (secondary N) is 2. The van der Waals surface area contributed by atoms with Gasteiger partial charge in [-0.15, -0.1) is 11.3 Å². The number of benzene rings is 4. The molecule has 5 atom stereocenters.